The number of aromatic amines is 1. The van der Waals surface area contributed by atoms with Crippen molar-refractivity contribution in [1.29, 1.82) is 0 Å². The Morgan fingerprint density at radius 2 is 1.79 bits per heavy atom. The minimum atomic E-state index is 0.203. The van der Waals surface area contributed by atoms with Gasteiger partial charge in [0.1, 0.15) is 0 Å². The number of piperazine rings is 1. The molecule has 0 bridgehead atoms. The highest BCUT2D eigenvalue weighted by Crippen LogP contribution is 2.20. The van der Waals surface area contributed by atoms with Crippen molar-refractivity contribution in [3.63, 3.8) is 0 Å². The summed E-state index contributed by atoms with van der Waals surface area (Å²) < 4.78 is 0. The Morgan fingerprint density at radius 3 is 2.58 bits per heavy atom. The van der Waals surface area contributed by atoms with Crippen LogP contribution in [0.25, 0.3) is 10.9 Å². The molecule has 3 aromatic rings. The van der Waals surface area contributed by atoms with E-state index in [1.165, 1.54) is 5.69 Å². The number of carbonyl (C=O) groups is 1. The molecule has 4 rings (SSSR count). The number of rotatable bonds is 3. The van der Waals surface area contributed by atoms with Crippen molar-refractivity contribution >= 4 is 22.5 Å². The van der Waals surface area contributed by atoms with Gasteiger partial charge in [-0.25, -0.2) is 0 Å². The zero-order valence-corrected chi connectivity index (χ0v) is 13.5. The molecule has 1 aliphatic rings. The fourth-order valence-electron chi connectivity index (χ4n) is 3.32. The second kappa shape index (κ2) is 6.35. The fourth-order valence-corrected chi connectivity index (χ4v) is 3.32. The number of para-hydroxylation sites is 1. The third kappa shape index (κ3) is 2.85. The molecule has 1 aliphatic heterocycles. The standard InChI is InChI=1S/C19H20N4O/c24-19(13-15-14-21-18-4-2-1-3-17(15)18)23-11-9-22(10-12-23)16-5-7-20-8-6-16/h1-8,14,21H,9-13H2. The highest BCUT2D eigenvalue weighted by atomic mass is 16.2. The maximum Gasteiger partial charge on any atom is 0.227 e. The maximum absolute atomic E-state index is 12.6. The van der Waals surface area contributed by atoms with Crippen molar-refractivity contribution in [1.82, 2.24) is 14.9 Å². The van der Waals surface area contributed by atoms with E-state index in [0.29, 0.717) is 6.42 Å². The van der Waals surface area contributed by atoms with Gasteiger partial charge in [-0.05, 0) is 23.8 Å². The molecule has 5 heteroatoms. The first-order valence-corrected chi connectivity index (χ1v) is 8.29. The minimum Gasteiger partial charge on any atom is -0.368 e. The van der Waals surface area contributed by atoms with E-state index < -0.39 is 0 Å². The molecule has 0 unspecified atom stereocenters. The van der Waals surface area contributed by atoms with E-state index in [4.69, 9.17) is 0 Å². The molecule has 1 aromatic carbocycles. The van der Waals surface area contributed by atoms with Crippen LogP contribution in [0.4, 0.5) is 5.69 Å². The molecule has 1 fully saturated rings. The monoisotopic (exact) mass is 320 g/mol. The lowest BCUT2D eigenvalue weighted by Gasteiger charge is -2.36. The van der Waals surface area contributed by atoms with Gasteiger partial charge in [-0.1, -0.05) is 18.2 Å². The van der Waals surface area contributed by atoms with Crippen molar-refractivity contribution < 1.29 is 4.79 Å². The van der Waals surface area contributed by atoms with E-state index in [1.54, 1.807) is 0 Å². The van der Waals surface area contributed by atoms with Crippen LogP contribution in [0, 0.1) is 0 Å². The number of nitrogens with one attached hydrogen (secondary N) is 1. The van der Waals surface area contributed by atoms with Crippen LogP contribution in [-0.4, -0.2) is 47.0 Å². The van der Waals surface area contributed by atoms with Gasteiger partial charge in [-0.2, -0.15) is 0 Å². The summed E-state index contributed by atoms with van der Waals surface area (Å²) in [6.45, 7) is 3.26. The first-order chi connectivity index (χ1) is 11.8. The number of hydrogen-bond donors (Lipinski definition) is 1. The van der Waals surface area contributed by atoms with E-state index >= 15 is 0 Å². The van der Waals surface area contributed by atoms with Crippen LogP contribution in [0.1, 0.15) is 5.56 Å². The number of aromatic nitrogens is 2. The Bertz CT molecular complexity index is 835. The Balaban J connectivity index is 1.40. The molecule has 1 saturated heterocycles. The second-order valence-electron chi connectivity index (χ2n) is 6.11. The summed E-state index contributed by atoms with van der Waals surface area (Å²) in [5, 5.41) is 1.14. The summed E-state index contributed by atoms with van der Waals surface area (Å²) >= 11 is 0. The molecule has 0 spiro atoms. The molecular weight excluding hydrogens is 300 g/mol. The van der Waals surface area contributed by atoms with Gasteiger partial charge in [0.2, 0.25) is 5.91 Å². The zero-order valence-electron chi connectivity index (χ0n) is 13.5. The molecule has 0 radical (unpaired) electrons. The van der Waals surface area contributed by atoms with Crippen molar-refractivity contribution in [2.45, 2.75) is 6.42 Å². The van der Waals surface area contributed by atoms with Gasteiger partial charge in [0.05, 0.1) is 6.42 Å². The summed E-state index contributed by atoms with van der Waals surface area (Å²) in [6, 6.07) is 12.2. The van der Waals surface area contributed by atoms with Gasteiger partial charge in [-0.3, -0.25) is 9.78 Å². The average molecular weight is 320 g/mol. The number of H-pyrrole nitrogens is 1. The highest BCUT2D eigenvalue weighted by molar-refractivity contribution is 5.89. The average Bonchev–Trinajstić information content (AvgIpc) is 3.06. The maximum atomic E-state index is 12.6. The van der Waals surface area contributed by atoms with Gasteiger partial charge in [0.25, 0.3) is 0 Å². The third-order valence-corrected chi connectivity index (χ3v) is 4.68. The zero-order chi connectivity index (χ0) is 16.4. The van der Waals surface area contributed by atoms with Gasteiger partial charge >= 0.3 is 0 Å². The van der Waals surface area contributed by atoms with Crippen LogP contribution in [0.15, 0.2) is 55.0 Å². The minimum absolute atomic E-state index is 0.203. The number of pyridine rings is 1. The van der Waals surface area contributed by atoms with E-state index in [2.05, 4.69) is 20.9 Å². The summed E-state index contributed by atoms with van der Waals surface area (Å²) in [4.78, 5) is 24.2. The largest absolute Gasteiger partial charge is 0.368 e. The molecule has 0 atom stereocenters. The van der Waals surface area contributed by atoms with E-state index in [1.807, 2.05) is 53.8 Å². The molecule has 5 nitrogen and oxygen atoms in total. The lowest BCUT2D eigenvalue weighted by atomic mass is 10.1. The normalized spacial score (nSPS) is 15.0. The fraction of sp³-hybridized carbons (Fsp3) is 0.263. The topological polar surface area (TPSA) is 52.2 Å². The van der Waals surface area contributed by atoms with E-state index in [9.17, 15) is 4.79 Å². The smallest absolute Gasteiger partial charge is 0.227 e. The van der Waals surface area contributed by atoms with Crippen LogP contribution >= 0.6 is 0 Å². The summed E-state index contributed by atoms with van der Waals surface area (Å²) in [5.74, 6) is 0.203. The number of carbonyl (C=O) groups excluding carboxylic acids is 1. The van der Waals surface area contributed by atoms with Crippen molar-refractivity contribution in [3.8, 4) is 0 Å². The molecule has 24 heavy (non-hydrogen) atoms. The molecule has 1 amide bonds. The number of anilines is 1. The van der Waals surface area contributed by atoms with Crippen LogP contribution in [0.3, 0.4) is 0 Å². The van der Waals surface area contributed by atoms with Crippen molar-refractivity contribution in [2.24, 2.45) is 0 Å². The van der Waals surface area contributed by atoms with E-state index in [0.717, 1.165) is 42.6 Å². The number of nitrogens with zero attached hydrogens (tertiary/aromatic N) is 3. The van der Waals surface area contributed by atoms with Crippen LogP contribution in [0.5, 0.6) is 0 Å². The Morgan fingerprint density at radius 1 is 1.04 bits per heavy atom. The molecule has 2 aromatic heterocycles. The molecule has 122 valence electrons. The quantitative estimate of drug-likeness (QED) is 0.806. The number of hydrogen-bond acceptors (Lipinski definition) is 3. The van der Waals surface area contributed by atoms with Crippen LogP contribution in [0.2, 0.25) is 0 Å². The molecular formula is C19H20N4O. The molecule has 3 heterocycles. The number of amides is 1. The Kier molecular flexibility index (Phi) is 3.91. The summed E-state index contributed by atoms with van der Waals surface area (Å²) in [7, 11) is 0. The van der Waals surface area contributed by atoms with Crippen LogP contribution < -0.4 is 4.90 Å². The molecule has 0 aliphatic carbocycles. The first-order valence-electron chi connectivity index (χ1n) is 8.29. The second-order valence-corrected chi connectivity index (χ2v) is 6.11. The lowest BCUT2D eigenvalue weighted by molar-refractivity contribution is -0.130. The highest BCUT2D eigenvalue weighted by Gasteiger charge is 2.22. The Labute approximate surface area is 140 Å². The lowest BCUT2D eigenvalue weighted by Crippen LogP contribution is -2.49. The molecule has 1 N–H and O–H groups in total. The van der Waals surface area contributed by atoms with Gasteiger partial charge in [0.15, 0.2) is 0 Å². The van der Waals surface area contributed by atoms with Gasteiger partial charge in [0, 0.05) is 61.4 Å². The first kappa shape index (κ1) is 14.8. The van der Waals surface area contributed by atoms with Crippen LogP contribution in [-0.2, 0) is 11.2 Å². The third-order valence-electron chi connectivity index (χ3n) is 4.68. The molecule has 0 saturated carbocycles. The van der Waals surface area contributed by atoms with Crippen molar-refractivity contribution in [3.05, 3.63) is 60.6 Å². The van der Waals surface area contributed by atoms with Gasteiger partial charge in [-0.15, -0.1) is 0 Å². The number of benzene rings is 1. The number of fused-ring (bicyclic) bond motifs is 1. The summed E-state index contributed by atoms with van der Waals surface area (Å²) in [5.41, 5.74) is 3.34. The summed E-state index contributed by atoms with van der Waals surface area (Å²) in [6.07, 6.45) is 6.03. The predicted octanol–water partition coefficient (Wildman–Crippen LogP) is 2.45. The van der Waals surface area contributed by atoms with Gasteiger partial charge < -0.3 is 14.8 Å². The van der Waals surface area contributed by atoms with E-state index in [-0.39, 0.29) is 5.91 Å². The van der Waals surface area contributed by atoms with Crippen molar-refractivity contribution in [2.75, 3.05) is 31.1 Å². The SMILES string of the molecule is O=C(Cc1c[nH]c2ccccc12)N1CCN(c2ccncc2)CC1. The predicted molar refractivity (Wildman–Crippen MR) is 95.0 cm³/mol. The Hall–Kier alpha value is -2.82.